The van der Waals surface area contributed by atoms with Crippen LogP contribution in [0.1, 0.15) is 18.9 Å². The van der Waals surface area contributed by atoms with Crippen LogP contribution in [0, 0.1) is 11.6 Å². The fraction of sp³-hybridized carbons (Fsp3) is 0.179. The van der Waals surface area contributed by atoms with Crippen LogP contribution in [0.4, 0.5) is 14.5 Å². The lowest BCUT2D eigenvalue weighted by Crippen LogP contribution is -2.21. The molecular weight excluding hydrogens is 580 g/mol. The summed E-state index contributed by atoms with van der Waals surface area (Å²) < 4.78 is 56.1. The maximum atomic E-state index is 16.1. The van der Waals surface area contributed by atoms with Gasteiger partial charge in [-0.05, 0) is 47.9 Å². The minimum Gasteiger partial charge on any atom is -0.374 e. The Kier molecular flexibility index (Phi) is 7.29. The van der Waals surface area contributed by atoms with Gasteiger partial charge >= 0.3 is 0 Å². The quantitative estimate of drug-likeness (QED) is 0.152. The molecule has 43 heavy (non-hydrogen) atoms. The summed E-state index contributed by atoms with van der Waals surface area (Å²) in [5.74, 6) is -0.929. The number of aromatic amines is 2. The molecule has 0 radical (unpaired) electrons. The lowest BCUT2D eigenvalue weighted by atomic mass is 10.0. The van der Waals surface area contributed by atoms with E-state index in [0.29, 0.717) is 39.9 Å². The molecule has 5 heterocycles. The number of halogens is 2. The number of pyridine rings is 3. The maximum absolute atomic E-state index is 16.1. The lowest BCUT2D eigenvalue weighted by Gasteiger charge is -2.12. The maximum Gasteiger partial charge on any atom is 0.209 e. The summed E-state index contributed by atoms with van der Waals surface area (Å²) in [5.41, 5.74) is 3.66. The molecule has 5 N–H and O–H groups in total. The van der Waals surface area contributed by atoms with Crippen molar-refractivity contribution in [2.24, 2.45) is 0 Å². The number of sulfonamides is 1. The molecule has 1 atom stereocenters. The predicted molar refractivity (Wildman–Crippen MR) is 157 cm³/mol. The third-order valence-electron chi connectivity index (χ3n) is 6.72. The molecule has 0 aliphatic rings. The number of aliphatic hydroxyl groups is 1. The first-order chi connectivity index (χ1) is 20.6. The molecule has 0 saturated carbocycles. The van der Waals surface area contributed by atoms with Crippen LogP contribution in [0.5, 0.6) is 0 Å². The number of benzene rings is 1. The second-order valence-electron chi connectivity index (χ2n) is 9.90. The summed E-state index contributed by atoms with van der Waals surface area (Å²) in [4.78, 5) is 20.5. The number of rotatable bonds is 9. The molecule has 0 amide bonds. The minimum atomic E-state index is -3.48. The highest BCUT2D eigenvalue weighted by Gasteiger charge is 2.22. The largest absolute Gasteiger partial charge is 0.374 e. The summed E-state index contributed by atoms with van der Waals surface area (Å²) >= 11 is 0. The van der Waals surface area contributed by atoms with Crippen molar-refractivity contribution < 1.29 is 22.3 Å². The second kappa shape index (κ2) is 11.1. The predicted octanol–water partition coefficient (Wildman–Crippen LogP) is 4.09. The summed E-state index contributed by atoms with van der Waals surface area (Å²) in [7, 11) is -3.48. The first kappa shape index (κ1) is 28.3. The van der Waals surface area contributed by atoms with Crippen molar-refractivity contribution in [1.82, 2.24) is 39.8 Å². The molecule has 1 aromatic carbocycles. The summed E-state index contributed by atoms with van der Waals surface area (Å²) in [6.07, 6.45) is 6.60. The number of nitrogens with zero attached hydrogens (tertiary/aromatic N) is 5. The Morgan fingerprint density at radius 1 is 1.02 bits per heavy atom. The van der Waals surface area contributed by atoms with Gasteiger partial charge in [-0.25, -0.2) is 36.9 Å². The number of H-pyrrole nitrogens is 2. The Balaban J connectivity index is 1.42. The Labute approximate surface area is 243 Å². The number of nitrogens with one attached hydrogen (secondary N) is 4. The van der Waals surface area contributed by atoms with Gasteiger partial charge in [0.2, 0.25) is 10.0 Å². The van der Waals surface area contributed by atoms with E-state index >= 15 is 4.39 Å². The van der Waals surface area contributed by atoms with Gasteiger partial charge in [0.1, 0.15) is 23.6 Å². The summed E-state index contributed by atoms with van der Waals surface area (Å²) in [6.45, 7) is 1.73. The van der Waals surface area contributed by atoms with Gasteiger partial charge in [0.15, 0.2) is 17.1 Å². The van der Waals surface area contributed by atoms with Crippen LogP contribution < -0.4 is 10.0 Å². The van der Waals surface area contributed by atoms with Crippen LogP contribution in [0.2, 0.25) is 0 Å². The van der Waals surface area contributed by atoms with E-state index in [-0.39, 0.29) is 40.3 Å². The van der Waals surface area contributed by atoms with E-state index in [9.17, 15) is 17.9 Å². The zero-order valence-electron chi connectivity index (χ0n) is 22.9. The van der Waals surface area contributed by atoms with E-state index in [4.69, 9.17) is 0 Å². The highest BCUT2D eigenvalue weighted by Crippen LogP contribution is 2.35. The van der Waals surface area contributed by atoms with Gasteiger partial charge in [-0.2, -0.15) is 5.10 Å². The topological polar surface area (TPSA) is 174 Å². The number of imidazole rings is 1. The number of hydrogen-bond donors (Lipinski definition) is 5. The third kappa shape index (κ3) is 5.77. The van der Waals surface area contributed by atoms with Crippen molar-refractivity contribution in [2.45, 2.75) is 26.1 Å². The van der Waals surface area contributed by atoms with Crippen molar-refractivity contribution in [3.63, 3.8) is 0 Å². The van der Waals surface area contributed by atoms with E-state index in [1.807, 2.05) is 6.92 Å². The number of aromatic nitrogens is 7. The molecule has 0 spiro atoms. The van der Waals surface area contributed by atoms with Crippen LogP contribution >= 0.6 is 0 Å². The summed E-state index contributed by atoms with van der Waals surface area (Å²) in [6, 6.07) is 7.55. The van der Waals surface area contributed by atoms with Gasteiger partial charge in [-0.15, -0.1) is 0 Å². The molecule has 0 aliphatic carbocycles. The molecule has 0 aliphatic heterocycles. The van der Waals surface area contributed by atoms with Gasteiger partial charge in [-0.1, -0.05) is 6.92 Å². The Hall–Kier alpha value is -4.86. The molecule has 5 aromatic heterocycles. The van der Waals surface area contributed by atoms with Gasteiger partial charge in [0.25, 0.3) is 0 Å². The van der Waals surface area contributed by atoms with E-state index in [2.05, 4.69) is 45.2 Å². The normalized spacial score (nSPS) is 12.7. The monoisotopic (exact) mass is 605 g/mol. The molecule has 6 aromatic rings. The zero-order valence-corrected chi connectivity index (χ0v) is 23.7. The fourth-order valence-electron chi connectivity index (χ4n) is 4.68. The van der Waals surface area contributed by atoms with E-state index in [1.54, 1.807) is 18.2 Å². The van der Waals surface area contributed by atoms with Crippen LogP contribution in [0.15, 0.2) is 55.1 Å². The number of anilines is 1. The number of aliphatic hydroxyl groups excluding tert-OH is 1. The Bertz CT molecular complexity index is 2100. The molecule has 15 heteroatoms. The van der Waals surface area contributed by atoms with E-state index < -0.39 is 27.9 Å². The molecule has 6 rings (SSSR count). The van der Waals surface area contributed by atoms with Gasteiger partial charge in [-0.3, -0.25) is 10.1 Å². The standard InChI is InChI=1S/C28H25F2N9O3S/c1-3-21(40)35-18-9-16(11-31-12-18)20-13-33-26-22(23(20)30)25(38-39-26)28-36-24-19(4-5-32-27(24)37-28)15-6-14(7-17(29)8-15)10-34-43(2,41)42/h4-9,11-13,21,34-35,40H,3,10H2,1-2H3,(H,32,36,37)(H,33,38,39). The van der Waals surface area contributed by atoms with Crippen molar-refractivity contribution >= 4 is 37.9 Å². The minimum absolute atomic E-state index is 0.0879. The zero-order chi connectivity index (χ0) is 30.3. The van der Waals surface area contributed by atoms with Gasteiger partial charge in [0, 0.05) is 41.8 Å². The Morgan fingerprint density at radius 3 is 2.65 bits per heavy atom. The van der Waals surface area contributed by atoms with Crippen LogP contribution in [0.25, 0.3) is 56.0 Å². The molecule has 0 fully saturated rings. The average molecular weight is 606 g/mol. The molecule has 1 unspecified atom stereocenters. The number of fused-ring (bicyclic) bond motifs is 2. The first-order valence-corrected chi connectivity index (χ1v) is 15.0. The fourth-order valence-corrected chi connectivity index (χ4v) is 5.11. The molecular formula is C28H25F2N9O3S. The van der Waals surface area contributed by atoms with Gasteiger partial charge in [0.05, 0.1) is 29.0 Å². The van der Waals surface area contributed by atoms with Crippen molar-refractivity contribution in [3.8, 4) is 33.8 Å². The smallest absolute Gasteiger partial charge is 0.209 e. The van der Waals surface area contributed by atoms with Gasteiger partial charge < -0.3 is 15.4 Å². The Morgan fingerprint density at radius 2 is 1.86 bits per heavy atom. The van der Waals surface area contributed by atoms with E-state index in [1.165, 1.54) is 36.9 Å². The van der Waals surface area contributed by atoms with Crippen molar-refractivity contribution in [3.05, 3.63) is 72.3 Å². The number of hydrogen-bond acceptors (Lipinski definition) is 9. The third-order valence-corrected chi connectivity index (χ3v) is 7.39. The van der Waals surface area contributed by atoms with Crippen molar-refractivity contribution in [1.29, 1.82) is 0 Å². The van der Waals surface area contributed by atoms with E-state index in [0.717, 1.165) is 6.26 Å². The van der Waals surface area contributed by atoms with Crippen LogP contribution in [-0.2, 0) is 16.6 Å². The highest BCUT2D eigenvalue weighted by molar-refractivity contribution is 7.88. The second-order valence-corrected chi connectivity index (χ2v) is 11.7. The SMILES string of the molecule is CCC(O)Nc1cncc(-c2cnc3n[nH]c(-c4nc5nccc(-c6cc(F)cc(CNS(C)(=O)=O)c6)c5[nH]4)c3c2F)c1. The molecule has 0 bridgehead atoms. The molecule has 12 nitrogen and oxygen atoms in total. The molecule has 220 valence electrons. The average Bonchev–Trinajstić information content (AvgIpc) is 3.60. The van der Waals surface area contributed by atoms with Crippen LogP contribution in [-0.4, -0.2) is 61.1 Å². The summed E-state index contributed by atoms with van der Waals surface area (Å²) in [5, 5.41) is 19.9. The molecule has 0 saturated heterocycles. The first-order valence-electron chi connectivity index (χ1n) is 13.1. The lowest BCUT2D eigenvalue weighted by molar-refractivity contribution is 0.199. The highest BCUT2D eigenvalue weighted by atomic mass is 32.2. The van der Waals surface area contributed by atoms with Crippen LogP contribution in [0.3, 0.4) is 0 Å². The van der Waals surface area contributed by atoms with Crippen molar-refractivity contribution in [2.75, 3.05) is 11.6 Å².